The molecule has 0 aliphatic rings. The molecule has 1 heteroatoms. The standard InChI is InChI=1S/C5H5N.C2H5/c1-2-4-6-5-3-1;1-2/h1-5H;1H2,2H3. The minimum atomic E-state index is 1.75. The Kier molecular flexibility index (Phi) is 5.50. The Hall–Kier alpha value is -0.850. The first kappa shape index (κ1) is 7.15. The van der Waals surface area contributed by atoms with Crippen LogP contribution in [0.1, 0.15) is 6.92 Å². The van der Waals surface area contributed by atoms with Crippen molar-refractivity contribution in [2.24, 2.45) is 0 Å². The van der Waals surface area contributed by atoms with E-state index in [1.165, 1.54) is 0 Å². The van der Waals surface area contributed by atoms with Crippen LogP contribution in [0.25, 0.3) is 0 Å². The quantitative estimate of drug-likeness (QED) is 0.494. The van der Waals surface area contributed by atoms with Gasteiger partial charge in [-0.15, -0.1) is 0 Å². The zero-order chi connectivity index (χ0) is 6.24. The van der Waals surface area contributed by atoms with Gasteiger partial charge in [0, 0.05) is 12.4 Å². The molecule has 0 unspecified atom stereocenters. The molecule has 0 aromatic carbocycles. The monoisotopic (exact) mass is 108 g/mol. The highest BCUT2D eigenvalue weighted by Crippen LogP contribution is 1.73. The van der Waals surface area contributed by atoms with Crippen molar-refractivity contribution in [3.8, 4) is 0 Å². The van der Waals surface area contributed by atoms with Crippen LogP contribution in [0.5, 0.6) is 0 Å². The Morgan fingerprint density at radius 2 is 1.50 bits per heavy atom. The maximum absolute atomic E-state index is 3.78. The van der Waals surface area contributed by atoms with Crippen molar-refractivity contribution in [2.45, 2.75) is 6.92 Å². The van der Waals surface area contributed by atoms with Gasteiger partial charge in [0.15, 0.2) is 0 Å². The molecule has 0 saturated heterocycles. The summed E-state index contributed by atoms with van der Waals surface area (Å²) in [5.41, 5.74) is 0. The van der Waals surface area contributed by atoms with Crippen LogP contribution in [-0.4, -0.2) is 4.98 Å². The van der Waals surface area contributed by atoms with Crippen LogP contribution in [0, 0.1) is 6.92 Å². The molecule has 8 heavy (non-hydrogen) atoms. The molecule has 1 nitrogen and oxygen atoms in total. The maximum Gasteiger partial charge on any atom is 0.0267 e. The summed E-state index contributed by atoms with van der Waals surface area (Å²) in [4.78, 5) is 3.78. The van der Waals surface area contributed by atoms with Crippen molar-refractivity contribution in [1.29, 1.82) is 0 Å². The Morgan fingerprint density at radius 1 is 1.00 bits per heavy atom. The van der Waals surface area contributed by atoms with Crippen molar-refractivity contribution < 1.29 is 0 Å². The van der Waals surface area contributed by atoms with Gasteiger partial charge in [-0.3, -0.25) is 4.98 Å². The first-order chi connectivity index (χ1) is 4.00. The smallest absolute Gasteiger partial charge is 0.0267 e. The van der Waals surface area contributed by atoms with E-state index in [-0.39, 0.29) is 0 Å². The molecule has 1 aromatic heterocycles. The average Bonchev–Trinajstić information content (AvgIpc) is 1.96. The van der Waals surface area contributed by atoms with E-state index in [4.69, 9.17) is 0 Å². The SMILES string of the molecule is [CH2]C.c1ccncc1. The molecule has 0 bridgehead atoms. The number of hydrogen-bond donors (Lipinski definition) is 0. The van der Waals surface area contributed by atoms with Gasteiger partial charge in [-0.05, 0) is 12.1 Å². The predicted octanol–water partition coefficient (Wildman–Crippen LogP) is 1.92. The van der Waals surface area contributed by atoms with Gasteiger partial charge in [0.1, 0.15) is 0 Å². The number of rotatable bonds is 0. The van der Waals surface area contributed by atoms with Crippen LogP contribution < -0.4 is 0 Å². The lowest BCUT2D eigenvalue weighted by molar-refractivity contribution is 1.33. The normalized spacial score (nSPS) is 6.75. The molecule has 0 fully saturated rings. The lowest BCUT2D eigenvalue weighted by Gasteiger charge is -1.70. The molecule has 0 atom stereocenters. The zero-order valence-corrected chi connectivity index (χ0v) is 5.04. The van der Waals surface area contributed by atoms with E-state index in [9.17, 15) is 0 Å². The average molecular weight is 108 g/mol. The second-order valence-corrected chi connectivity index (χ2v) is 1.02. The third-order valence-corrected chi connectivity index (χ3v) is 0.566. The highest BCUT2D eigenvalue weighted by molar-refractivity contribution is 4.88. The first-order valence-corrected chi connectivity index (χ1v) is 2.56. The molecule has 1 rings (SSSR count). The van der Waals surface area contributed by atoms with Gasteiger partial charge in [0.05, 0.1) is 0 Å². The van der Waals surface area contributed by atoms with Crippen LogP contribution in [0.15, 0.2) is 30.6 Å². The summed E-state index contributed by atoms with van der Waals surface area (Å²) in [6.07, 6.45) is 3.50. The molecule has 0 amide bonds. The molecule has 0 N–H and O–H groups in total. The lowest BCUT2D eigenvalue weighted by atomic mass is 10.5. The van der Waals surface area contributed by atoms with Crippen molar-refractivity contribution in [3.05, 3.63) is 37.5 Å². The Labute approximate surface area is 50.4 Å². The van der Waals surface area contributed by atoms with Crippen molar-refractivity contribution in [3.63, 3.8) is 0 Å². The third kappa shape index (κ3) is 3.34. The Balaban J connectivity index is 0.000000222. The van der Waals surface area contributed by atoms with Gasteiger partial charge in [0.25, 0.3) is 0 Å². The number of aromatic nitrogens is 1. The van der Waals surface area contributed by atoms with Gasteiger partial charge >= 0.3 is 0 Å². The Morgan fingerprint density at radius 3 is 1.62 bits per heavy atom. The van der Waals surface area contributed by atoms with E-state index in [0.29, 0.717) is 0 Å². The van der Waals surface area contributed by atoms with E-state index in [0.717, 1.165) is 0 Å². The lowest BCUT2D eigenvalue weighted by Crippen LogP contribution is -1.58. The molecule has 0 spiro atoms. The second kappa shape index (κ2) is 6.15. The molecule has 1 aromatic rings. The zero-order valence-electron chi connectivity index (χ0n) is 5.04. The Bertz CT molecular complexity index is 76.3. The molecule has 0 aliphatic carbocycles. The number of nitrogens with zero attached hydrogens (tertiary/aromatic N) is 1. The minimum Gasteiger partial charge on any atom is -0.265 e. The molecule has 0 saturated carbocycles. The van der Waals surface area contributed by atoms with E-state index in [1.807, 2.05) is 18.2 Å². The summed E-state index contributed by atoms with van der Waals surface area (Å²) < 4.78 is 0. The maximum atomic E-state index is 3.78. The van der Waals surface area contributed by atoms with Crippen molar-refractivity contribution in [2.75, 3.05) is 0 Å². The molecule has 1 radical (unpaired) electrons. The highest BCUT2D eigenvalue weighted by Gasteiger charge is 1.58. The fraction of sp³-hybridized carbons (Fsp3) is 0.143. The van der Waals surface area contributed by atoms with Crippen LogP contribution in [0.2, 0.25) is 0 Å². The van der Waals surface area contributed by atoms with Gasteiger partial charge in [-0.25, -0.2) is 0 Å². The third-order valence-electron chi connectivity index (χ3n) is 0.566. The summed E-state index contributed by atoms with van der Waals surface area (Å²) in [5, 5.41) is 0. The summed E-state index contributed by atoms with van der Waals surface area (Å²) in [6.45, 7) is 5.00. The fourth-order valence-electron chi connectivity index (χ4n) is 0.313. The second-order valence-electron chi connectivity index (χ2n) is 1.02. The predicted molar refractivity (Wildman–Crippen MR) is 35.3 cm³/mol. The van der Waals surface area contributed by atoms with Crippen molar-refractivity contribution >= 4 is 0 Å². The van der Waals surface area contributed by atoms with Crippen LogP contribution >= 0.6 is 0 Å². The summed E-state index contributed by atoms with van der Waals surface area (Å²) >= 11 is 0. The summed E-state index contributed by atoms with van der Waals surface area (Å²) in [6, 6.07) is 5.72. The fourth-order valence-corrected chi connectivity index (χ4v) is 0.313. The topological polar surface area (TPSA) is 12.9 Å². The largest absolute Gasteiger partial charge is 0.265 e. The van der Waals surface area contributed by atoms with E-state index in [1.54, 1.807) is 19.3 Å². The van der Waals surface area contributed by atoms with Gasteiger partial charge in [0.2, 0.25) is 0 Å². The molecular formula is C7H10N. The molecule has 1 heterocycles. The van der Waals surface area contributed by atoms with Crippen LogP contribution in [0.4, 0.5) is 0 Å². The summed E-state index contributed by atoms with van der Waals surface area (Å²) in [5.74, 6) is 0. The van der Waals surface area contributed by atoms with Gasteiger partial charge in [-0.2, -0.15) is 0 Å². The molecular weight excluding hydrogens is 98.1 g/mol. The van der Waals surface area contributed by atoms with Crippen LogP contribution in [0.3, 0.4) is 0 Å². The summed E-state index contributed by atoms with van der Waals surface area (Å²) in [7, 11) is 0. The van der Waals surface area contributed by atoms with E-state index in [2.05, 4.69) is 11.9 Å². The number of hydrogen-bond acceptors (Lipinski definition) is 1. The van der Waals surface area contributed by atoms with Gasteiger partial charge in [-0.1, -0.05) is 19.9 Å². The first-order valence-electron chi connectivity index (χ1n) is 2.56. The molecule has 43 valence electrons. The highest BCUT2D eigenvalue weighted by atomic mass is 14.6. The van der Waals surface area contributed by atoms with Crippen LogP contribution in [-0.2, 0) is 0 Å². The minimum absolute atomic E-state index is 1.75. The van der Waals surface area contributed by atoms with Crippen molar-refractivity contribution in [1.82, 2.24) is 4.98 Å². The molecule has 0 aliphatic heterocycles. The number of pyridine rings is 1. The van der Waals surface area contributed by atoms with E-state index >= 15 is 0 Å². The van der Waals surface area contributed by atoms with Gasteiger partial charge < -0.3 is 0 Å². The van der Waals surface area contributed by atoms with E-state index < -0.39 is 0 Å².